The van der Waals surface area contributed by atoms with Crippen LogP contribution >= 0.6 is 0 Å². The fourth-order valence-electron chi connectivity index (χ4n) is 1.93. The van der Waals surface area contributed by atoms with Gasteiger partial charge in [-0.2, -0.15) is 5.26 Å². The topological polar surface area (TPSA) is 79.3 Å². The number of primary amides is 1. The first-order valence-electron chi connectivity index (χ1n) is 6.05. The third-order valence-electron chi connectivity index (χ3n) is 2.97. The first kappa shape index (κ1) is 13.1. The van der Waals surface area contributed by atoms with Crippen LogP contribution in [0.4, 0.5) is 5.69 Å². The van der Waals surface area contributed by atoms with E-state index in [1.54, 1.807) is 6.07 Å². The summed E-state index contributed by atoms with van der Waals surface area (Å²) in [7, 11) is 0. The Balaban J connectivity index is 2.14. The van der Waals surface area contributed by atoms with Crippen LogP contribution in [-0.2, 0) is 9.53 Å². The van der Waals surface area contributed by atoms with Gasteiger partial charge in [-0.1, -0.05) is 12.1 Å². The van der Waals surface area contributed by atoms with Crippen LogP contribution in [0.3, 0.4) is 0 Å². The van der Waals surface area contributed by atoms with Gasteiger partial charge in [0, 0.05) is 18.8 Å². The van der Waals surface area contributed by atoms with Crippen molar-refractivity contribution in [1.82, 2.24) is 0 Å². The molecule has 1 aliphatic rings. The first-order valence-corrected chi connectivity index (χ1v) is 6.05. The minimum Gasteiger partial charge on any atom is -0.378 e. The summed E-state index contributed by atoms with van der Waals surface area (Å²) in [5.74, 6) is -0.709. The summed E-state index contributed by atoms with van der Waals surface area (Å²) < 4.78 is 5.30. The maximum Gasteiger partial charge on any atom is 0.259 e. The Bertz CT molecular complexity index is 523. The molecule has 0 atom stereocenters. The zero-order valence-corrected chi connectivity index (χ0v) is 10.5. The van der Waals surface area contributed by atoms with Crippen molar-refractivity contribution < 1.29 is 9.53 Å². The summed E-state index contributed by atoms with van der Waals surface area (Å²) in [6, 6.07) is 9.45. The van der Waals surface area contributed by atoms with Crippen molar-refractivity contribution in [3.8, 4) is 6.07 Å². The summed E-state index contributed by atoms with van der Waals surface area (Å²) in [6.07, 6.45) is 1.49. The second-order valence-corrected chi connectivity index (χ2v) is 4.23. The van der Waals surface area contributed by atoms with Crippen molar-refractivity contribution in [3.63, 3.8) is 0 Å². The average molecular weight is 257 g/mol. The molecule has 1 heterocycles. The number of anilines is 1. The molecular formula is C14H15N3O2. The third kappa shape index (κ3) is 3.33. The molecule has 5 nitrogen and oxygen atoms in total. The van der Waals surface area contributed by atoms with Gasteiger partial charge in [0.2, 0.25) is 0 Å². The summed E-state index contributed by atoms with van der Waals surface area (Å²) in [5.41, 5.74) is 6.94. The molecule has 5 heteroatoms. The maximum absolute atomic E-state index is 11.0. The van der Waals surface area contributed by atoms with E-state index in [9.17, 15) is 4.79 Å². The van der Waals surface area contributed by atoms with Gasteiger partial charge in [-0.25, -0.2) is 0 Å². The predicted octanol–water partition coefficient (Wildman–Crippen LogP) is 0.915. The fourth-order valence-corrected chi connectivity index (χ4v) is 1.93. The van der Waals surface area contributed by atoms with Crippen molar-refractivity contribution in [1.29, 1.82) is 5.26 Å². The average Bonchev–Trinajstić information content (AvgIpc) is 2.46. The summed E-state index contributed by atoms with van der Waals surface area (Å²) in [5, 5.41) is 8.77. The number of rotatable bonds is 3. The largest absolute Gasteiger partial charge is 0.378 e. The normalized spacial score (nSPS) is 15.9. The van der Waals surface area contributed by atoms with Crippen LogP contribution in [-0.4, -0.2) is 32.2 Å². The highest BCUT2D eigenvalue weighted by Crippen LogP contribution is 2.17. The van der Waals surface area contributed by atoms with Crippen molar-refractivity contribution in [2.75, 3.05) is 31.2 Å². The van der Waals surface area contributed by atoms with Crippen LogP contribution in [0.15, 0.2) is 29.8 Å². The number of morpholine rings is 1. The van der Waals surface area contributed by atoms with E-state index in [1.807, 2.05) is 24.3 Å². The molecule has 0 aromatic heterocycles. The summed E-state index contributed by atoms with van der Waals surface area (Å²) in [6.45, 7) is 3.23. The lowest BCUT2D eigenvalue weighted by molar-refractivity contribution is -0.114. The minimum absolute atomic E-state index is 0.0425. The Labute approximate surface area is 111 Å². The van der Waals surface area contributed by atoms with Gasteiger partial charge in [-0.05, 0) is 23.8 Å². The van der Waals surface area contributed by atoms with E-state index in [0.717, 1.165) is 37.6 Å². The number of amides is 1. The maximum atomic E-state index is 11.0. The van der Waals surface area contributed by atoms with Crippen LogP contribution in [0.25, 0.3) is 6.08 Å². The third-order valence-corrected chi connectivity index (χ3v) is 2.97. The Hall–Kier alpha value is -2.32. The van der Waals surface area contributed by atoms with Crippen molar-refractivity contribution in [2.24, 2.45) is 5.73 Å². The highest BCUT2D eigenvalue weighted by Gasteiger charge is 2.10. The van der Waals surface area contributed by atoms with Gasteiger partial charge in [0.25, 0.3) is 5.91 Å². The van der Waals surface area contributed by atoms with E-state index in [4.69, 9.17) is 15.7 Å². The van der Waals surface area contributed by atoms with Crippen molar-refractivity contribution in [3.05, 3.63) is 35.4 Å². The van der Waals surface area contributed by atoms with Crippen molar-refractivity contribution in [2.45, 2.75) is 0 Å². The number of carbonyl (C=O) groups excluding carboxylic acids is 1. The molecule has 1 aliphatic heterocycles. The second kappa shape index (κ2) is 6.03. The van der Waals surface area contributed by atoms with Gasteiger partial charge < -0.3 is 15.4 Å². The molecule has 0 radical (unpaired) electrons. The fraction of sp³-hybridized carbons (Fsp3) is 0.286. The van der Waals surface area contributed by atoms with Crippen LogP contribution in [0, 0.1) is 11.3 Å². The van der Waals surface area contributed by atoms with Crippen LogP contribution in [0.2, 0.25) is 0 Å². The van der Waals surface area contributed by atoms with Gasteiger partial charge in [-0.15, -0.1) is 0 Å². The molecule has 0 saturated carbocycles. The Morgan fingerprint density at radius 3 is 2.47 bits per heavy atom. The number of nitrogens with zero attached hydrogens (tertiary/aromatic N) is 2. The Morgan fingerprint density at radius 2 is 1.95 bits per heavy atom. The van der Waals surface area contributed by atoms with Crippen LogP contribution < -0.4 is 10.6 Å². The molecule has 0 spiro atoms. The molecule has 19 heavy (non-hydrogen) atoms. The lowest BCUT2D eigenvalue weighted by atomic mass is 10.1. The number of carbonyl (C=O) groups is 1. The number of ether oxygens (including phenoxy) is 1. The number of nitrogens with two attached hydrogens (primary N) is 1. The monoisotopic (exact) mass is 257 g/mol. The van der Waals surface area contributed by atoms with E-state index >= 15 is 0 Å². The predicted molar refractivity (Wildman–Crippen MR) is 72.3 cm³/mol. The first-order chi connectivity index (χ1) is 9.20. The molecule has 1 aromatic carbocycles. The van der Waals surface area contributed by atoms with Crippen molar-refractivity contribution >= 4 is 17.7 Å². The highest BCUT2D eigenvalue weighted by atomic mass is 16.5. The SMILES string of the molecule is N#C/C(=C/c1ccc(N2CCOCC2)cc1)C(N)=O. The van der Waals surface area contributed by atoms with Gasteiger partial charge in [0.15, 0.2) is 0 Å². The Kier molecular flexibility index (Phi) is 4.16. The van der Waals surface area contributed by atoms with E-state index in [-0.39, 0.29) is 5.57 Å². The summed E-state index contributed by atoms with van der Waals surface area (Å²) >= 11 is 0. The Morgan fingerprint density at radius 1 is 1.32 bits per heavy atom. The van der Waals surface area contributed by atoms with Gasteiger partial charge in [-0.3, -0.25) is 4.79 Å². The highest BCUT2D eigenvalue weighted by molar-refractivity contribution is 6.00. The lowest BCUT2D eigenvalue weighted by Crippen LogP contribution is -2.36. The van der Waals surface area contributed by atoms with E-state index in [1.165, 1.54) is 6.08 Å². The molecule has 1 fully saturated rings. The van der Waals surface area contributed by atoms with E-state index in [0.29, 0.717) is 0 Å². The zero-order chi connectivity index (χ0) is 13.7. The number of nitriles is 1. The van der Waals surface area contributed by atoms with Gasteiger partial charge in [0.05, 0.1) is 13.2 Å². The summed E-state index contributed by atoms with van der Waals surface area (Å²) in [4.78, 5) is 13.2. The minimum atomic E-state index is -0.709. The van der Waals surface area contributed by atoms with Gasteiger partial charge >= 0.3 is 0 Å². The molecule has 0 unspecified atom stereocenters. The molecule has 1 amide bonds. The second-order valence-electron chi connectivity index (χ2n) is 4.23. The molecular weight excluding hydrogens is 242 g/mol. The van der Waals surface area contributed by atoms with Crippen LogP contribution in [0.1, 0.15) is 5.56 Å². The quantitative estimate of drug-likeness (QED) is 0.645. The molecule has 0 bridgehead atoms. The molecule has 98 valence electrons. The molecule has 2 rings (SSSR count). The van der Waals surface area contributed by atoms with E-state index in [2.05, 4.69) is 4.90 Å². The molecule has 2 N–H and O–H groups in total. The number of hydrogen-bond donors (Lipinski definition) is 1. The zero-order valence-electron chi connectivity index (χ0n) is 10.5. The van der Waals surface area contributed by atoms with Crippen LogP contribution in [0.5, 0.6) is 0 Å². The standard InChI is InChI=1S/C14H15N3O2/c15-10-12(14(16)18)9-11-1-3-13(4-2-11)17-5-7-19-8-6-17/h1-4,9H,5-8H2,(H2,16,18)/b12-9-. The lowest BCUT2D eigenvalue weighted by Gasteiger charge is -2.28. The molecule has 1 saturated heterocycles. The number of hydrogen-bond acceptors (Lipinski definition) is 4. The van der Waals surface area contributed by atoms with E-state index < -0.39 is 5.91 Å². The van der Waals surface area contributed by atoms with Gasteiger partial charge in [0.1, 0.15) is 11.6 Å². The molecule has 1 aromatic rings. The number of benzene rings is 1. The molecule has 0 aliphatic carbocycles. The smallest absolute Gasteiger partial charge is 0.259 e.